The van der Waals surface area contributed by atoms with Gasteiger partial charge in [0, 0.05) is 45.5 Å². The summed E-state index contributed by atoms with van der Waals surface area (Å²) in [6.07, 6.45) is 3.47. The first-order valence-corrected chi connectivity index (χ1v) is 10.4. The summed E-state index contributed by atoms with van der Waals surface area (Å²) in [4.78, 5) is 20.3. The van der Waals surface area contributed by atoms with Crippen molar-refractivity contribution in [3.8, 4) is 0 Å². The molecule has 2 heterocycles. The molecule has 0 radical (unpaired) electrons. The maximum atomic E-state index is 11.8. The summed E-state index contributed by atoms with van der Waals surface area (Å²) in [5.41, 5.74) is 0. The Bertz CT molecular complexity index is 427. The first-order valence-electron chi connectivity index (χ1n) is 9.28. The highest BCUT2D eigenvalue weighted by Gasteiger charge is 2.15. The van der Waals surface area contributed by atoms with Crippen molar-refractivity contribution >= 4 is 47.6 Å². The fourth-order valence-electron chi connectivity index (χ4n) is 2.82. The number of carbonyl (C=O) groups excluding carboxylic acids is 1. The Kier molecular flexibility index (Phi) is 12.7. The van der Waals surface area contributed by atoms with Crippen molar-refractivity contribution in [2.45, 2.75) is 25.3 Å². The molecule has 2 saturated heterocycles. The van der Waals surface area contributed by atoms with E-state index in [0.717, 1.165) is 57.5 Å². The highest BCUT2D eigenvalue weighted by molar-refractivity contribution is 14.0. The fraction of sp³-hybridized carbons (Fsp3) is 0.882. The summed E-state index contributed by atoms with van der Waals surface area (Å²) in [5.74, 6) is 3.14. The van der Waals surface area contributed by atoms with Crippen molar-refractivity contribution < 1.29 is 9.53 Å². The molecule has 2 N–H and O–H groups in total. The molecule has 2 fully saturated rings. The monoisotopic (exact) mass is 499 g/mol. The maximum Gasteiger partial charge on any atom is 0.243 e. The Balaban J connectivity index is 0.00000338. The van der Waals surface area contributed by atoms with Gasteiger partial charge in [-0.3, -0.25) is 9.69 Å². The van der Waals surface area contributed by atoms with E-state index in [2.05, 4.69) is 20.5 Å². The number of morpholine rings is 1. The van der Waals surface area contributed by atoms with Crippen molar-refractivity contribution in [3.05, 3.63) is 0 Å². The molecule has 1 atom stereocenters. The van der Waals surface area contributed by atoms with Crippen LogP contribution in [-0.4, -0.2) is 99.2 Å². The number of aliphatic imine (C=N–C) groups is 1. The van der Waals surface area contributed by atoms with E-state index >= 15 is 0 Å². The average molecular weight is 499 g/mol. The smallest absolute Gasteiger partial charge is 0.243 e. The lowest BCUT2D eigenvalue weighted by Crippen LogP contribution is -2.46. The summed E-state index contributed by atoms with van der Waals surface area (Å²) >= 11 is 1.98. The second-order valence-electron chi connectivity index (χ2n) is 6.75. The van der Waals surface area contributed by atoms with Crippen LogP contribution in [0.2, 0.25) is 0 Å². The molecule has 0 aromatic heterocycles. The number of amides is 1. The normalized spacial score (nSPS) is 21.6. The zero-order chi connectivity index (χ0) is 17.9. The SMILES string of the molecule is CN(C)C(=O)CN=C(NCCCN1CCOCC1)NC1CCCSC1.I. The standard InChI is InChI=1S/C17H33N5O2S.HI/c1-21(2)16(23)13-19-17(20-15-5-3-12-25-14-15)18-6-4-7-22-8-10-24-11-9-22;/h15H,3-14H2,1-2H3,(H2,18,19,20);1H. The van der Waals surface area contributed by atoms with Crippen LogP contribution >= 0.6 is 35.7 Å². The summed E-state index contributed by atoms with van der Waals surface area (Å²) in [5, 5.41) is 6.90. The number of ether oxygens (including phenoxy) is 1. The van der Waals surface area contributed by atoms with Gasteiger partial charge in [0.25, 0.3) is 0 Å². The number of likely N-dealkylation sites (N-methyl/N-ethyl adjacent to an activating group) is 1. The van der Waals surface area contributed by atoms with E-state index in [9.17, 15) is 4.79 Å². The van der Waals surface area contributed by atoms with Gasteiger partial charge in [-0.15, -0.1) is 24.0 Å². The molecule has 26 heavy (non-hydrogen) atoms. The van der Waals surface area contributed by atoms with Gasteiger partial charge in [0.2, 0.25) is 5.91 Å². The van der Waals surface area contributed by atoms with Gasteiger partial charge in [-0.2, -0.15) is 11.8 Å². The maximum absolute atomic E-state index is 11.8. The topological polar surface area (TPSA) is 69.2 Å². The van der Waals surface area contributed by atoms with E-state index in [0.29, 0.717) is 6.04 Å². The first kappa shape index (κ1) is 23.8. The second kappa shape index (κ2) is 13.8. The van der Waals surface area contributed by atoms with Crippen molar-refractivity contribution in [1.82, 2.24) is 20.4 Å². The zero-order valence-corrected chi connectivity index (χ0v) is 19.2. The molecule has 0 aliphatic carbocycles. The number of nitrogens with one attached hydrogen (secondary N) is 2. The molecule has 1 amide bonds. The van der Waals surface area contributed by atoms with Crippen LogP contribution in [0.25, 0.3) is 0 Å². The molecule has 0 aromatic carbocycles. The van der Waals surface area contributed by atoms with Gasteiger partial charge in [0.1, 0.15) is 6.54 Å². The Morgan fingerprint density at radius 3 is 2.77 bits per heavy atom. The van der Waals surface area contributed by atoms with E-state index in [4.69, 9.17) is 4.74 Å². The number of rotatable bonds is 7. The van der Waals surface area contributed by atoms with Gasteiger partial charge in [-0.25, -0.2) is 4.99 Å². The predicted octanol–water partition coefficient (Wildman–Crippen LogP) is 0.846. The van der Waals surface area contributed by atoms with Gasteiger partial charge in [-0.05, 0) is 31.6 Å². The highest BCUT2D eigenvalue weighted by Crippen LogP contribution is 2.16. The highest BCUT2D eigenvalue weighted by atomic mass is 127. The summed E-state index contributed by atoms with van der Waals surface area (Å²) in [6, 6.07) is 0.443. The molecule has 152 valence electrons. The second-order valence-corrected chi connectivity index (χ2v) is 7.90. The van der Waals surface area contributed by atoms with Crippen molar-refractivity contribution in [3.63, 3.8) is 0 Å². The predicted molar refractivity (Wildman–Crippen MR) is 120 cm³/mol. The Morgan fingerprint density at radius 2 is 2.12 bits per heavy atom. The minimum Gasteiger partial charge on any atom is -0.379 e. The lowest BCUT2D eigenvalue weighted by molar-refractivity contribution is -0.127. The van der Waals surface area contributed by atoms with Crippen LogP contribution < -0.4 is 10.6 Å². The third-order valence-corrected chi connectivity index (χ3v) is 5.64. The number of guanidine groups is 1. The van der Waals surface area contributed by atoms with Gasteiger partial charge in [0.05, 0.1) is 13.2 Å². The summed E-state index contributed by atoms with van der Waals surface area (Å²) in [6.45, 7) is 5.84. The summed E-state index contributed by atoms with van der Waals surface area (Å²) in [7, 11) is 3.52. The molecular formula is C17H34IN5O2S. The van der Waals surface area contributed by atoms with Crippen LogP contribution in [0.4, 0.5) is 0 Å². The number of nitrogens with zero attached hydrogens (tertiary/aromatic N) is 3. The molecule has 9 heteroatoms. The minimum atomic E-state index is 0. The van der Waals surface area contributed by atoms with Crippen LogP contribution in [0, 0.1) is 0 Å². The third-order valence-electron chi connectivity index (χ3n) is 4.42. The molecule has 0 spiro atoms. The molecular weight excluding hydrogens is 465 g/mol. The van der Waals surface area contributed by atoms with E-state index in [1.807, 2.05) is 11.8 Å². The Labute approximate surface area is 179 Å². The van der Waals surface area contributed by atoms with Gasteiger partial charge >= 0.3 is 0 Å². The van der Waals surface area contributed by atoms with Crippen LogP contribution in [0.3, 0.4) is 0 Å². The largest absolute Gasteiger partial charge is 0.379 e. The Hall–Kier alpha value is -0.260. The molecule has 0 aromatic rings. The quantitative estimate of drug-likeness (QED) is 0.234. The van der Waals surface area contributed by atoms with E-state index < -0.39 is 0 Å². The summed E-state index contributed by atoms with van der Waals surface area (Å²) < 4.78 is 5.38. The number of thioether (sulfide) groups is 1. The number of carbonyl (C=O) groups is 1. The number of hydrogen-bond acceptors (Lipinski definition) is 5. The van der Waals surface area contributed by atoms with Crippen molar-refractivity contribution in [2.75, 3.05) is 71.5 Å². The lowest BCUT2D eigenvalue weighted by atomic mass is 10.2. The molecule has 2 aliphatic heterocycles. The van der Waals surface area contributed by atoms with Crippen molar-refractivity contribution in [1.29, 1.82) is 0 Å². The lowest BCUT2D eigenvalue weighted by Gasteiger charge is -2.27. The molecule has 7 nitrogen and oxygen atoms in total. The molecule has 2 aliphatic rings. The Morgan fingerprint density at radius 1 is 1.35 bits per heavy atom. The zero-order valence-electron chi connectivity index (χ0n) is 16.0. The van der Waals surface area contributed by atoms with Gasteiger partial charge in [-0.1, -0.05) is 0 Å². The van der Waals surface area contributed by atoms with Crippen LogP contribution in [0.1, 0.15) is 19.3 Å². The number of hydrogen-bond donors (Lipinski definition) is 2. The first-order chi connectivity index (χ1) is 12.1. The molecule has 0 saturated carbocycles. The van der Waals surface area contributed by atoms with E-state index in [-0.39, 0.29) is 36.4 Å². The van der Waals surface area contributed by atoms with Crippen LogP contribution in [0.15, 0.2) is 4.99 Å². The van der Waals surface area contributed by atoms with Crippen LogP contribution in [-0.2, 0) is 9.53 Å². The molecule has 2 rings (SSSR count). The molecule has 1 unspecified atom stereocenters. The molecule has 0 bridgehead atoms. The van der Waals surface area contributed by atoms with Crippen LogP contribution in [0.5, 0.6) is 0 Å². The number of halogens is 1. The van der Waals surface area contributed by atoms with Gasteiger partial charge < -0.3 is 20.3 Å². The van der Waals surface area contributed by atoms with Gasteiger partial charge in [0.15, 0.2) is 5.96 Å². The minimum absolute atomic E-state index is 0. The average Bonchev–Trinajstić information content (AvgIpc) is 2.64. The van der Waals surface area contributed by atoms with E-state index in [1.54, 1.807) is 19.0 Å². The van der Waals surface area contributed by atoms with E-state index in [1.165, 1.54) is 18.6 Å². The van der Waals surface area contributed by atoms with Crippen molar-refractivity contribution in [2.24, 2.45) is 4.99 Å². The third kappa shape index (κ3) is 9.61. The fourth-order valence-corrected chi connectivity index (χ4v) is 3.89.